The van der Waals surface area contributed by atoms with Gasteiger partial charge in [-0.05, 0) is 24.6 Å². The highest BCUT2D eigenvalue weighted by Gasteiger charge is 2.39. The summed E-state index contributed by atoms with van der Waals surface area (Å²) in [6.45, 7) is 1.31. The molecular formula is C19H19NO7. The first-order valence-corrected chi connectivity index (χ1v) is 8.26. The van der Waals surface area contributed by atoms with Crippen molar-refractivity contribution >= 4 is 5.97 Å². The lowest BCUT2D eigenvalue weighted by Crippen LogP contribution is -2.30. The van der Waals surface area contributed by atoms with Crippen molar-refractivity contribution in [2.75, 3.05) is 13.7 Å². The lowest BCUT2D eigenvalue weighted by molar-refractivity contribution is -0.139. The molecule has 0 bridgehead atoms. The van der Waals surface area contributed by atoms with Gasteiger partial charge in [-0.15, -0.1) is 0 Å². The molecule has 1 aliphatic heterocycles. The molecule has 1 aromatic heterocycles. The summed E-state index contributed by atoms with van der Waals surface area (Å²) in [6.07, 6.45) is 0. The van der Waals surface area contributed by atoms with Crippen molar-refractivity contribution in [3.63, 3.8) is 0 Å². The van der Waals surface area contributed by atoms with Gasteiger partial charge in [-0.25, -0.2) is 4.79 Å². The first kappa shape index (κ1) is 18.5. The number of hydrogen-bond acceptors (Lipinski definition) is 8. The van der Waals surface area contributed by atoms with Crippen molar-refractivity contribution in [2.24, 2.45) is 5.73 Å². The molecule has 0 fully saturated rings. The van der Waals surface area contributed by atoms with Crippen LogP contribution >= 0.6 is 0 Å². The number of aliphatic hydroxyl groups excluding tert-OH is 1. The molecule has 2 heterocycles. The summed E-state index contributed by atoms with van der Waals surface area (Å²) < 4.78 is 21.4. The van der Waals surface area contributed by atoms with Gasteiger partial charge in [0.05, 0.1) is 19.6 Å². The number of benzene rings is 1. The minimum absolute atomic E-state index is 0.0100. The zero-order chi connectivity index (χ0) is 19.6. The second-order valence-corrected chi connectivity index (χ2v) is 5.74. The van der Waals surface area contributed by atoms with Crippen LogP contribution in [0.2, 0.25) is 0 Å². The average molecular weight is 373 g/mol. The highest BCUT2D eigenvalue weighted by atomic mass is 16.5. The van der Waals surface area contributed by atoms with Crippen molar-refractivity contribution in [1.29, 1.82) is 0 Å². The topological polar surface area (TPSA) is 121 Å². The predicted molar refractivity (Wildman–Crippen MR) is 94.2 cm³/mol. The van der Waals surface area contributed by atoms with E-state index in [0.29, 0.717) is 11.3 Å². The van der Waals surface area contributed by atoms with Crippen LogP contribution < -0.4 is 20.6 Å². The third-order valence-corrected chi connectivity index (χ3v) is 4.09. The van der Waals surface area contributed by atoms with Gasteiger partial charge in [-0.1, -0.05) is 12.1 Å². The number of aliphatic hydroxyl groups is 1. The van der Waals surface area contributed by atoms with E-state index in [9.17, 15) is 14.7 Å². The fourth-order valence-corrected chi connectivity index (χ4v) is 2.92. The first-order chi connectivity index (χ1) is 13.0. The number of carbonyl (C=O) groups excluding carboxylic acids is 1. The Hall–Kier alpha value is -3.26. The molecule has 2 aromatic rings. The minimum atomic E-state index is -0.859. The highest BCUT2D eigenvalue weighted by molar-refractivity contribution is 5.92. The molecule has 0 amide bonds. The van der Waals surface area contributed by atoms with Crippen molar-refractivity contribution in [3.05, 3.63) is 69.1 Å². The molecular weight excluding hydrogens is 354 g/mol. The molecule has 142 valence electrons. The van der Waals surface area contributed by atoms with Crippen molar-refractivity contribution < 1.29 is 28.5 Å². The summed E-state index contributed by atoms with van der Waals surface area (Å²) in [4.78, 5) is 24.9. The van der Waals surface area contributed by atoms with Crippen molar-refractivity contribution in [1.82, 2.24) is 0 Å². The standard InChI is InChI=1S/C19H19NO7/c1-3-25-19(23)15-14(10-5-4-6-11(7-10)24-2)17-16(27-18(15)20)13(22)8-12(9-21)26-17/h4-8,14,21H,3,9,20H2,1-2H3. The van der Waals surface area contributed by atoms with Crippen LogP contribution in [-0.4, -0.2) is 24.8 Å². The van der Waals surface area contributed by atoms with E-state index < -0.39 is 23.9 Å². The Morgan fingerprint density at radius 3 is 2.78 bits per heavy atom. The fourth-order valence-electron chi connectivity index (χ4n) is 2.92. The van der Waals surface area contributed by atoms with E-state index in [2.05, 4.69) is 0 Å². The van der Waals surface area contributed by atoms with Crippen LogP contribution in [0.5, 0.6) is 11.5 Å². The molecule has 1 atom stereocenters. The summed E-state index contributed by atoms with van der Waals surface area (Å²) in [5, 5.41) is 9.39. The van der Waals surface area contributed by atoms with Gasteiger partial charge in [0, 0.05) is 6.07 Å². The zero-order valence-electron chi connectivity index (χ0n) is 14.9. The number of fused-ring (bicyclic) bond motifs is 1. The third kappa shape index (κ3) is 3.39. The van der Waals surface area contributed by atoms with E-state index >= 15 is 0 Å². The molecule has 1 unspecified atom stereocenters. The Bertz CT molecular complexity index is 961. The molecule has 3 rings (SSSR count). The highest BCUT2D eigenvalue weighted by Crippen LogP contribution is 2.42. The molecule has 1 aromatic carbocycles. The monoisotopic (exact) mass is 373 g/mol. The van der Waals surface area contributed by atoms with Gasteiger partial charge in [-0.3, -0.25) is 4.79 Å². The van der Waals surface area contributed by atoms with Crippen LogP contribution in [0.3, 0.4) is 0 Å². The molecule has 8 heteroatoms. The van der Waals surface area contributed by atoms with E-state index in [1.54, 1.807) is 31.2 Å². The van der Waals surface area contributed by atoms with Crippen LogP contribution in [0.1, 0.15) is 29.9 Å². The molecule has 0 saturated heterocycles. The molecule has 27 heavy (non-hydrogen) atoms. The lowest BCUT2D eigenvalue weighted by atomic mass is 9.86. The van der Waals surface area contributed by atoms with Crippen molar-refractivity contribution in [2.45, 2.75) is 19.4 Å². The number of ether oxygens (including phenoxy) is 3. The van der Waals surface area contributed by atoms with Gasteiger partial charge >= 0.3 is 5.97 Å². The largest absolute Gasteiger partial charge is 0.497 e. The summed E-state index contributed by atoms with van der Waals surface area (Å²) in [5.74, 6) is -1.27. The Labute approximate surface area is 154 Å². The maximum Gasteiger partial charge on any atom is 0.340 e. The number of nitrogens with two attached hydrogens (primary N) is 1. The van der Waals surface area contributed by atoms with E-state index in [-0.39, 0.29) is 35.3 Å². The van der Waals surface area contributed by atoms with Gasteiger partial charge in [0.15, 0.2) is 5.76 Å². The number of methoxy groups -OCH3 is 1. The quantitative estimate of drug-likeness (QED) is 0.755. The molecule has 0 aliphatic carbocycles. The van der Waals surface area contributed by atoms with E-state index in [0.717, 1.165) is 6.07 Å². The number of esters is 1. The maximum absolute atomic E-state index is 12.6. The van der Waals surface area contributed by atoms with E-state index in [1.807, 2.05) is 0 Å². The second kappa shape index (κ2) is 7.55. The first-order valence-electron chi connectivity index (χ1n) is 8.26. The Morgan fingerprint density at radius 2 is 2.11 bits per heavy atom. The molecule has 0 radical (unpaired) electrons. The van der Waals surface area contributed by atoms with Crippen LogP contribution in [0.15, 0.2) is 51.0 Å². The van der Waals surface area contributed by atoms with Gasteiger partial charge in [-0.2, -0.15) is 0 Å². The minimum Gasteiger partial charge on any atom is -0.497 e. The average Bonchev–Trinajstić information content (AvgIpc) is 2.67. The summed E-state index contributed by atoms with van der Waals surface area (Å²) in [5.41, 5.74) is 6.04. The van der Waals surface area contributed by atoms with E-state index in [1.165, 1.54) is 7.11 Å². The Balaban J connectivity index is 2.27. The number of hydrogen-bond donors (Lipinski definition) is 2. The van der Waals surface area contributed by atoms with E-state index in [4.69, 9.17) is 24.4 Å². The van der Waals surface area contributed by atoms with Gasteiger partial charge < -0.3 is 29.5 Å². The van der Waals surface area contributed by atoms with Crippen molar-refractivity contribution in [3.8, 4) is 11.5 Å². The Morgan fingerprint density at radius 1 is 1.33 bits per heavy atom. The van der Waals surface area contributed by atoms with Crippen LogP contribution in [0, 0.1) is 0 Å². The number of rotatable bonds is 5. The SMILES string of the molecule is CCOC(=O)C1=C(N)Oc2c(oc(CO)cc2=O)C1c1cccc(OC)c1. The summed E-state index contributed by atoms with van der Waals surface area (Å²) >= 11 is 0. The number of carbonyl (C=O) groups is 1. The van der Waals surface area contributed by atoms with Gasteiger partial charge in [0.25, 0.3) is 0 Å². The molecule has 3 N–H and O–H groups in total. The normalized spacial score (nSPS) is 15.7. The molecule has 0 saturated carbocycles. The van der Waals surface area contributed by atoms with Crippen LogP contribution in [0.25, 0.3) is 0 Å². The van der Waals surface area contributed by atoms with Crippen LogP contribution in [0.4, 0.5) is 0 Å². The van der Waals surface area contributed by atoms with Crippen LogP contribution in [-0.2, 0) is 16.1 Å². The molecule has 1 aliphatic rings. The van der Waals surface area contributed by atoms with Gasteiger partial charge in [0.2, 0.25) is 17.1 Å². The third-order valence-electron chi connectivity index (χ3n) is 4.09. The fraction of sp³-hybridized carbons (Fsp3) is 0.263. The predicted octanol–water partition coefficient (Wildman–Crippen LogP) is 1.40. The maximum atomic E-state index is 12.6. The molecule has 0 spiro atoms. The zero-order valence-corrected chi connectivity index (χ0v) is 14.9. The second-order valence-electron chi connectivity index (χ2n) is 5.74. The Kier molecular flexibility index (Phi) is 5.18. The summed E-state index contributed by atoms with van der Waals surface area (Å²) in [7, 11) is 1.51. The molecule has 8 nitrogen and oxygen atoms in total. The summed E-state index contributed by atoms with van der Waals surface area (Å²) in [6, 6.07) is 8.01. The smallest absolute Gasteiger partial charge is 0.340 e. The van der Waals surface area contributed by atoms with Gasteiger partial charge in [0.1, 0.15) is 23.7 Å². The lowest BCUT2D eigenvalue weighted by Gasteiger charge is -2.27.